The number of aromatic nitrogens is 1. The van der Waals surface area contributed by atoms with Crippen LogP contribution >= 0.6 is 0 Å². The number of fused-ring (bicyclic) bond motifs is 2. The lowest BCUT2D eigenvalue weighted by Gasteiger charge is -2.20. The molecule has 0 aliphatic carbocycles. The maximum absolute atomic E-state index is 13.9. The molecule has 0 atom stereocenters. The Bertz CT molecular complexity index is 1290. The molecule has 150 valence electrons. The van der Waals surface area contributed by atoms with Crippen molar-refractivity contribution in [1.29, 1.82) is 0 Å². The van der Waals surface area contributed by atoms with E-state index >= 15 is 0 Å². The summed E-state index contributed by atoms with van der Waals surface area (Å²) >= 11 is 0. The van der Waals surface area contributed by atoms with E-state index in [-0.39, 0.29) is 23.0 Å². The maximum Gasteiger partial charge on any atom is 0.266 e. The van der Waals surface area contributed by atoms with Gasteiger partial charge in [0.2, 0.25) is 0 Å². The third-order valence-corrected chi connectivity index (χ3v) is 6.93. The van der Waals surface area contributed by atoms with Crippen LogP contribution in [0.15, 0.2) is 58.6 Å². The highest BCUT2D eigenvalue weighted by Gasteiger charge is 2.26. The molecule has 0 fully saturated rings. The fourth-order valence-corrected chi connectivity index (χ4v) is 4.79. The van der Waals surface area contributed by atoms with Crippen LogP contribution in [0.1, 0.15) is 16.8 Å². The number of hydrogen-bond donors (Lipinski definition) is 1. The van der Waals surface area contributed by atoms with Gasteiger partial charge in [0.05, 0.1) is 12.2 Å². The molecule has 0 saturated carbocycles. The molecule has 0 unspecified atom stereocenters. The molecule has 0 saturated heterocycles. The van der Waals surface area contributed by atoms with Crippen LogP contribution in [-0.4, -0.2) is 35.8 Å². The number of rotatable bonds is 4. The van der Waals surface area contributed by atoms with Gasteiger partial charge in [0.1, 0.15) is 22.8 Å². The molecule has 2 heterocycles. The lowest BCUT2D eigenvalue weighted by atomic mass is 10.0. The minimum absolute atomic E-state index is 0.0123. The highest BCUT2D eigenvalue weighted by molar-refractivity contribution is 7.89. The zero-order chi connectivity index (χ0) is 20.9. The van der Waals surface area contributed by atoms with Gasteiger partial charge in [0.25, 0.3) is 10.0 Å². The summed E-state index contributed by atoms with van der Waals surface area (Å²) in [7, 11) is -2.13. The van der Waals surface area contributed by atoms with E-state index in [2.05, 4.69) is 11.6 Å². The summed E-state index contributed by atoms with van der Waals surface area (Å²) in [5.74, 6) is -0.332. The van der Waals surface area contributed by atoms with E-state index in [1.54, 1.807) is 24.3 Å². The van der Waals surface area contributed by atoms with E-state index in [1.807, 2.05) is 11.5 Å². The molecule has 29 heavy (non-hydrogen) atoms. The van der Waals surface area contributed by atoms with E-state index in [0.717, 1.165) is 32.0 Å². The lowest BCUT2D eigenvalue weighted by molar-refractivity contribution is 0.379. The molecule has 3 aromatic rings. The van der Waals surface area contributed by atoms with Crippen molar-refractivity contribution in [1.82, 2.24) is 8.87 Å². The SMILES string of the molecule is C=C(O)Cn1c(C)c(Cc2ccc3c(c2)N=CN(C)S3(=O)=O)c2cc(F)ccc21. The standard InChI is InChI=1S/C21H20FN3O3S/c1-13(26)11-25-14(2)17(18-10-16(22)5-6-20(18)25)8-15-4-7-21-19(9-15)23-12-24(3)29(21,27)28/h4-7,9-10,12,26H,1,8,11H2,2-3H3. The van der Waals surface area contributed by atoms with E-state index in [9.17, 15) is 17.9 Å². The third-order valence-electron chi connectivity index (χ3n) is 5.18. The van der Waals surface area contributed by atoms with Gasteiger partial charge in [-0.15, -0.1) is 0 Å². The van der Waals surface area contributed by atoms with E-state index in [1.165, 1.54) is 25.5 Å². The largest absolute Gasteiger partial charge is 0.511 e. The van der Waals surface area contributed by atoms with Crippen molar-refractivity contribution in [2.75, 3.05) is 7.05 Å². The Morgan fingerprint density at radius 3 is 2.72 bits per heavy atom. The Morgan fingerprint density at radius 2 is 2.00 bits per heavy atom. The van der Waals surface area contributed by atoms with Crippen LogP contribution in [0.2, 0.25) is 0 Å². The molecule has 0 bridgehead atoms. The molecule has 1 N–H and O–H groups in total. The summed E-state index contributed by atoms with van der Waals surface area (Å²) in [4.78, 5) is 4.39. The first kappa shape index (κ1) is 19.2. The molecular weight excluding hydrogens is 393 g/mol. The van der Waals surface area contributed by atoms with E-state index in [4.69, 9.17) is 0 Å². The minimum Gasteiger partial charge on any atom is -0.511 e. The number of aliphatic imine (C=N–C) groups is 1. The fraction of sp³-hybridized carbons (Fsp3) is 0.190. The van der Waals surface area contributed by atoms with Crippen molar-refractivity contribution in [3.05, 3.63) is 71.4 Å². The van der Waals surface area contributed by atoms with Gasteiger partial charge in [0.15, 0.2) is 0 Å². The van der Waals surface area contributed by atoms with Gasteiger partial charge >= 0.3 is 0 Å². The molecule has 8 heteroatoms. The van der Waals surface area contributed by atoms with Gasteiger partial charge in [0, 0.05) is 23.6 Å². The van der Waals surface area contributed by atoms with Crippen LogP contribution < -0.4 is 0 Å². The quantitative estimate of drug-likeness (QED) is 0.656. The van der Waals surface area contributed by atoms with Crippen molar-refractivity contribution in [2.45, 2.75) is 24.8 Å². The Hall–Kier alpha value is -3.13. The van der Waals surface area contributed by atoms with Gasteiger partial charge in [-0.2, -0.15) is 0 Å². The van der Waals surface area contributed by atoms with Crippen molar-refractivity contribution < 1.29 is 17.9 Å². The predicted octanol–water partition coefficient (Wildman–Crippen LogP) is 4.05. The van der Waals surface area contributed by atoms with Crippen LogP contribution in [0.3, 0.4) is 0 Å². The number of aliphatic hydroxyl groups is 1. The molecule has 2 aromatic carbocycles. The van der Waals surface area contributed by atoms with Gasteiger partial charge in [-0.05, 0) is 54.8 Å². The van der Waals surface area contributed by atoms with Crippen molar-refractivity contribution >= 4 is 33.0 Å². The molecule has 1 aliphatic heterocycles. The number of hydrogen-bond acceptors (Lipinski definition) is 4. The number of aliphatic hydroxyl groups excluding tert-OH is 1. The number of nitrogens with zero attached hydrogens (tertiary/aromatic N) is 3. The van der Waals surface area contributed by atoms with Gasteiger partial charge in [-0.3, -0.25) is 4.31 Å². The Labute approximate surface area is 168 Å². The monoisotopic (exact) mass is 413 g/mol. The number of allylic oxidation sites excluding steroid dienone is 1. The Morgan fingerprint density at radius 1 is 1.24 bits per heavy atom. The molecule has 1 aliphatic rings. The highest BCUT2D eigenvalue weighted by Crippen LogP contribution is 2.33. The molecule has 6 nitrogen and oxygen atoms in total. The summed E-state index contributed by atoms with van der Waals surface area (Å²) < 4.78 is 41.7. The zero-order valence-corrected chi connectivity index (χ0v) is 16.9. The Balaban J connectivity index is 1.82. The van der Waals surface area contributed by atoms with E-state index in [0.29, 0.717) is 12.1 Å². The first-order chi connectivity index (χ1) is 13.7. The maximum atomic E-state index is 13.9. The summed E-state index contributed by atoms with van der Waals surface area (Å²) in [6, 6.07) is 9.59. The lowest BCUT2D eigenvalue weighted by Crippen LogP contribution is -2.27. The van der Waals surface area contributed by atoms with Crippen LogP contribution in [0.25, 0.3) is 10.9 Å². The van der Waals surface area contributed by atoms with Crippen molar-refractivity contribution in [3.8, 4) is 0 Å². The van der Waals surface area contributed by atoms with Gasteiger partial charge < -0.3 is 9.67 Å². The summed E-state index contributed by atoms with van der Waals surface area (Å²) in [5.41, 5.74) is 3.83. The number of benzene rings is 2. The average molecular weight is 413 g/mol. The number of sulfonamides is 1. The van der Waals surface area contributed by atoms with E-state index < -0.39 is 10.0 Å². The summed E-state index contributed by atoms with van der Waals surface area (Å²) in [6.07, 6.45) is 1.75. The molecule has 4 rings (SSSR count). The first-order valence-corrected chi connectivity index (χ1v) is 10.4. The van der Waals surface area contributed by atoms with Gasteiger partial charge in [-0.25, -0.2) is 17.8 Å². The first-order valence-electron chi connectivity index (χ1n) is 8.97. The predicted molar refractivity (Wildman–Crippen MR) is 111 cm³/mol. The Kier molecular flexibility index (Phi) is 4.46. The smallest absolute Gasteiger partial charge is 0.266 e. The zero-order valence-electron chi connectivity index (χ0n) is 16.1. The van der Waals surface area contributed by atoms with Crippen LogP contribution in [0, 0.1) is 12.7 Å². The van der Waals surface area contributed by atoms with Gasteiger partial charge in [-0.1, -0.05) is 12.6 Å². The second-order valence-electron chi connectivity index (χ2n) is 7.12. The molecular formula is C21H20FN3O3S. The molecule has 1 aromatic heterocycles. The highest BCUT2D eigenvalue weighted by atomic mass is 32.2. The summed E-state index contributed by atoms with van der Waals surface area (Å²) in [6.45, 7) is 5.69. The normalized spacial score (nSPS) is 14.9. The van der Waals surface area contributed by atoms with Crippen molar-refractivity contribution in [2.24, 2.45) is 4.99 Å². The molecule has 0 radical (unpaired) electrons. The average Bonchev–Trinajstić information content (AvgIpc) is 2.90. The van der Waals surface area contributed by atoms with Crippen LogP contribution in [-0.2, 0) is 23.0 Å². The van der Waals surface area contributed by atoms with Crippen molar-refractivity contribution in [3.63, 3.8) is 0 Å². The third kappa shape index (κ3) is 3.19. The van der Waals surface area contributed by atoms with Crippen LogP contribution in [0.4, 0.5) is 10.1 Å². The summed E-state index contributed by atoms with van der Waals surface area (Å²) in [5, 5.41) is 10.4. The molecule has 0 amide bonds. The van der Waals surface area contributed by atoms with Crippen LogP contribution in [0.5, 0.6) is 0 Å². The number of halogens is 1. The topological polar surface area (TPSA) is 74.9 Å². The fourth-order valence-electron chi connectivity index (χ4n) is 3.69. The second-order valence-corrected chi connectivity index (χ2v) is 9.09. The second kappa shape index (κ2) is 6.73. The molecule has 0 spiro atoms. The minimum atomic E-state index is -3.58.